The molecule has 1 aliphatic carbocycles. The number of carbonyl (C=O) groups is 1. The zero-order valence-electron chi connectivity index (χ0n) is 13.7. The minimum Gasteiger partial charge on any atom is -0.407 e. The number of aromatic amines is 1. The molecule has 1 aromatic carbocycles. The summed E-state index contributed by atoms with van der Waals surface area (Å²) in [7, 11) is 1.65. The van der Waals surface area contributed by atoms with Crippen LogP contribution in [0.2, 0.25) is 0 Å². The molecule has 1 fully saturated rings. The van der Waals surface area contributed by atoms with Gasteiger partial charge in [-0.15, -0.1) is 5.10 Å². The maximum absolute atomic E-state index is 10.7. The van der Waals surface area contributed by atoms with E-state index in [-0.39, 0.29) is 5.90 Å². The van der Waals surface area contributed by atoms with Crippen molar-refractivity contribution in [1.82, 2.24) is 20.4 Å². The Hall–Kier alpha value is -3.22. The lowest BCUT2D eigenvalue weighted by atomic mass is 10.1. The summed E-state index contributed by atoms with van der Waals surface area (Å²) >= 11 is 0. The molecule has 1 aliphatic rings. The summed E-state index contributed by atoms with van der Waals surface area (Å²) in [5.74, 6) is 0.757. The Morgan fingerprint density at radius 1 is 1.40 bits per heavy atom. The van der Waals surface area contributed by atoms with E-state index in [1.807, 2.05) is 30.6 Å². The average Bonchev–Trinajstić information content (AvgIpc) is 3.41. The molecule has 126 valence electrons. The number of rotatable bonds is 5. The number of nitrogens with one attached hydrogen (secondary N) is 2. The second-order valence-corrected chi connectivity index (χ2v) is 5.92. The fourth-order valence-electron chi connectivity index (χ4n) is 2.86. The third kappa shape index (κ3) is 2.96. The van der Waals surface area contributed by atoms with Crippen molar-refractivity contribution < 1.29 is 9.53 Å². The van der Waals surface area contributed by atoms with Crippen LogP contribution in [-0.4, -0.2) is 34.4 Å². The summed E-state index contributed by atoms with van der Waals surface area (Å²) in [4.78, 5) is 23.1. The predicted octanol–water partition coefficient (Wildman–Crippen LogP) is 2.56. The van der Waals surface area contributed by atoms with Crippen LogP contribution in [0.3, 0.4) is 0 Å². The minimum atomic E-state index is 0.212. The molecule has 0 saturated heterocycles. The first-order valence-corrected chi connectivity index (χ1v) is 8.08. The van der Waals surface area contributed by atoms with Crippen molar-refractivity contribution in [2.45, 2.75) is 18.8 Å². The van der Waals surface area contributed by atoms with Gasteiger partial charge >= 0.3 is 0 Å². The van der Waals surface area contributed by atoms with E-state index >= 15 is 0 Å². The number of benzene rings is 1. The summed E-state index contributed by atoms with van der Waals surface area (Å²) in [6.07, 6.45) is 7.90. The Kier molecular flexibility index (Phi) is 3.89. The number of hydrogen-bond acceptors (Lipinski definition) is 6. The minimum absolute atomic E-state index is 0.212. The summed E-state index contributed by atoms with van der Waals surface area (Å²) in [6, 6.07) is 5.69. The van der Waals surface area contributed by atoms with Gasteiger partial charge in [-0.2, -0.15) is 0 Å². The Balaban J connectivity index is 1.80. The fourth-order valence-corrected chi connectivity index (χ4v) is 2.86. The summed E-state index contributed by atoms with van der Waals surface area (Å²) in [6.45, 7) is 0.364. The van der Waals surface area contributed by atoms with Crippen LogP contribution in [0.25, 0.3) is 22.2 Å². The first-order chi connectivity index (χ1) is 12.3. The highest BCUT2D eigenvalue weighted by Gasteiger charge is 2.25. The predicted molar refractivity (Wildman–Crippen MR) is 94.0 cm³/mol. The van der Waals surface area contributed by atoms with Crippen molar-refractivity contribution in [2.75, 3.05) is 7.05 Å². The van der Waals surface area contributed by atoms with Crippen molar-refractivity contribution in [2.24, 2.45) is 5.10 Å². The molecule has 2 heterocycles. The molecule has 2 aromatic heterocycles. The molecule has 3 aromatic rings. The molecule has 7 heteroatoms. The van der Waals surface area contributed by atoms with Crippen LogP contribution >= 0.6 is 0 Å². The van der Waals surface area contributed by atoms with Crippen molar-refractivity contribution in [3.05, 3.63) is 48.0 Å². The Morgan fingerprint density at radius 3 is 3.04 bits per heavy atom. The van der Waals surface area contributed by atoms with Gasteiger partial charge in [-0.25, -0.2) is 4.98 Å². The first-order valence-electron chi connectivity index (χ1n) is 8.08. The van der Waals surface area contributed by atoms with Crippen molar-refractivity contribution in [3.8, 4) is 11.3 Å². The van der Waals surface area contributed by atoms with E-state index in [2.05, 4.69) is 20.5 Å². The maximum atomic E-state index is 10.7. The molecular formula is C18H17N5O2. The molecule has 0 atom stereocenters. The fraction of sp³-hybridized carbons (Fsp3) is 0.222. The number of carbonyl (C=O) groups excluding carboxylic acids is 1. The molecule has 0 amide bonds. The smallest absolute Gasteiger partial charge is 0.299 e. The van der Waals surface area contributed by atoms with E-state index in [4.69, 9.17) is 9.72 Å². The monoisotopic (exact) mass is 335 g/mol. The van der Waals surface area contributed by atoms with Gasteiger partial charge in [0.1, 0.15) is 0 Å². The molecular weight excluding hydrogens is 318 g/mol. The third-order valence-electron chi connectivity index (χ3n) is 4.23. The molecule has 7 nitrogen and oxygen atoms in total. The first kappa shape index (κ1) is 15.3. The second-order valence-electron chi connectivity index (χ2n) is 5.92. The Labute approximate surface area is 144 Å². The Bertz CT molecular complexity index is 959. The SMILES string of the molecule is CN/N=C(\OC=O)c1ccc2[nH]cc(-c3cncc(C4CC4)n3)c2c1. The molecule has 0 unspecified atom stereocenters. The number of nitrogens with zero attached hydrogens (tertiary/aromatic N) is 3. The van der Waals surface area contributed by atoms with Crippen LogP contribution in [0.4, 0.5) is 0 Å². The van der Waals surface area contributed by atoms with Crippen LogP contribution < -0.4 is 5.43 Å². The van der Waals surface area contributed by atoms with Crippen LogP contribution in [-0.2, 0) is 9.53 Å². The lowest BCUT2D eigenvalue weighted by molar-refractivity contribution is -0.121. The van der Waals surface area contributed by atoms with E-state index in [0.29, 0.717) is 18.0 Å². The van der Waals surface area contributed by atoms with Crippen molar-refractivity contribution in [1.29, 1.82) is 0 Å². The van der Waals surface area contributed by atoms with Gasteiger partial charge in [0.2, 0.25) is 5.90 Å². The summed E-state index contributed by atoms with van der Waals surface area (Å²) in [5, 5.41) is 4.97. The summed E-state index contributed by atoms with van der Waals surface area (Å²) < 4.78 is 4.97. The second kappa shape index (κ2) is 6.35. The molecule has 0 spiro atoms. The van der Waals surface area contributed by atoms with Crippen molar-refractivity contribution in [3.63, 3.8) is 0 Å². The highest BCUT2D eigenvalue weighted by molar-refractivity contribution is 6.03. The van der Waals surface area contributed by atoms with E-state index in [1.54, 1.807) is 13.2 Å². The molecule has 25 heavy (non-hydrogen) atoms. The molecule has 1 saturated carbocycles. The zero-order chi connectivity index (χ0) is 17.2. The summed E-state index contributed by atoms with van der Waals surface area (Å²) in [5.41, 5.74) is 7.14. The van der Waals surface area contributed by atoms with E-state index < -0.39 is 0 Å². The van der Waals surface area contributed by atoms with Gasteiger partial charge in [0.15, 0.2) is 0 Å². The highest BCUT2D eigenvalue weighted by Crippen LogP contribution is 2.39. The van der Waals surface area contributed by atoms with Gasteiger partial charge < -0.3 is 15.1 Å². The zero-order valence-corrected chi connectivity index (χ0v) is 13.7. The highest BCUT2D eigenvalue weighted by atomic mass is 16.5. The van der Waals surface area contributed by atoms with E-state index in [0.717, 1.165) is 27.9 Å². The number of H-pyrrole nitrogens is 1. The third-order valence-corrected chi connectivity index (χ3v) is 4.23. The van der Waals surface area contributed by atoms with E-state index in [1.165, 1.54) is 12.8 Å². The van der Waals surface area contributed by atoms with Crippen LogP contribution in [0, 0.1) is 0 Å². The molecule has 4 rings (SSSR count). The largest absolute Gasteiger partial charge is 0.407 e. The molecule has 0 bridgehead atoms. The normalized spacial score (nSPS) is 14.5. The molecule has 0 radical (unpaired) electrons. The van der Waals surface area contributed by atoms with E-state index in [9.17, 15) is 4.79 Å². The number of hydrazone groups is 1. The lowest BCUT2D eigenvalue weighted by Crippen LogP contribution is -2.10. The topological polar surface area (TPSA) is 92.3 Å². The van der Waals surface area contributed by atoms with Gasteiger partial charge in [0.05, 0.1) is 17.6 Å². The van der Waals surface area contributed by atoms with Crippen LogP contribution in [0.15, 0.2) is 41.9 Å². The van der Waals surface area contributed by atoms with Gasteiger partial charge in [-0.1, -0.05) is 0 Å². The molecule has 0 aliphatic heterocycles. The lowest BCUT2D eigenvalue weighted by Gasteiger charge is -2.05. The quantitative estimate of drug-likeness (QED) is 0.323. The van der Waals surface area contributed by atoms with Gasteiger partial charge in [0, 0.05) is 47.4 Å². The van der Waals surface area contributed by atoms with Gasteiger partial charge in [0.25, 0.3) is 6.47 Å². The maximum Gasteiger partial charge on any atom is 0.299 e. The van der Waals surface area contributed by atoms with Crippen LogP contribution in [0.5, 0.6) is 0 Å². The number of hydrogen-bond donors (Lipinski definition) is 2. The van der Waals surface area contributed by atoms with Gasteiger partial charge in [-0.05, 0) is 31.0 Å². The standard InChI is InChI=1S/C18H17N5O2/c1-19-23-18(25-10-24)12-4-5-15-13(6-12)14(7-21-15)17-9-20-8-16(22-17)11-2-3-11/h4-11,19,21H,2-3H2,1H3/b23-18-. The van der Waals surface area contributed by atoms with Crippen LogP contribution in [0.1, 0.15) is 30.0 Å². The van der Waals surface area contributed by atoms with Gasteiger partial charge in [-0.3, -0.25) is 9.78 Å². The number of ether oxygens (including phenoxy) is 1. The number of aromatic nitrogens is 3. The molecule has 2 N–H and O–H groups in total. The number of fused-ring (bicyclic) bond motifs is 1. The van der Waals surface area contributed by atoms with Crippen molar-refractivity contribution >= 4 is 23.3 Å². The average molecular weight is 335 g/mol. The Morgan fingerprint density at radius 2 is 2.28 bits per heavy atom.